The lowest BCUT2D eigenvalue weighted by atomic mass is 9.70. The largest absolute Gasteiger partial charge is 0.328 e. The molecule has 2 fully saturated rings. The predicted molar refractivity (Wildman–Crippen MR) is 110 cm³/mol. The average Bonchev–Trinajstić information content (AvgIpc) is 2.63. The number of hydrogen-bond acceptors (Lipinski definition) is 2. The minimum atomic E-state index is 0.520. The van der Waals surface area contributed by atoms with Gasteiger partial charge in [0.25, 0.3) is 0 Å². The Morgan fingerprint density at radius 1 is 0.880 bits per heavy atom. The highest BCUT2D eigenvalue weighted by molar-refractivity contribution is 5.73. The predicted octanol–water partition coefficient (Wildman–Crippen LogP) is 6.43. The van der Waals surface area contributed by atoms with Crippen molar-refractivity contribution >= 4 is 6.29 Å². The number of carbonyl (C=O) groups is 1. The van der Waals surface area contributed by atoms with Crippen molar-refractivity contribution in [1.29, 1.82) is 0 Å². The first kappa shape index (κ1) is 22.4. The molecule has 0 atom stereocenters. The number of allylic oxidation sites excluding steroid dienone is 2. The summed E-state index contributed by atoms with van der Waals surface area (Å²) in [7, 11) is 0. The smallest absolute Gasteiger partial charge is 0.145 e. The van der Waals surface area contributed by atoms with E-state index in [9.17, 15) is 4.79 Å². The van der Waals surface area contributed by atoms with Gasteiger partial charge >= 0.3 is 0 Å². The minimum Gasteiger partial charge on any atom is -0.328 e. The molecular formula is C23H43NO. The van der Waals surface area contributed by atoms with Gasteiger partial charge < -0.3 is 5.73 Å². The maximum Gasteiger partial charge on any atom is 0.145 e. The highest BCUT2D eigenvalue weighted by Crippen LogP contribution is 2.40. The molecule has 25 heavy (non-hydrogen) atoms. The van der Waals surface area contributed by atoms with Crippen molar-refractivity contribution in [1.82, 2.24) is 0 Å². The fourth-order valence-corrected chi connectivity index (χ4v) is 4.37. The summed E-state index contributed by atoms with van der Waals surface area (Å²) in [6, 6.07) is 0.520. The van der Waals surface area contributed by atoms with Gasteiger partial charge in [-0.05, 0) is 82.6 Å². The molecule has 0 aliphatic heterocycles. The monoisotopic (exact) mass is 349 g/mol. The van der Waals surface area contributed by atoms with Crippen molar-refractivity contribution < 1.29 is 4.79 Å². The van der Waals surface area contributed by atoms with Crippen LogP contribution in [-0.2, 0) is 4.79 Å². The van der Waals surface area contributed by atoms with Crippen LogP contribution in [0.1, 0.15) is 105 Å². The van der Waals surface area contributed by atoms with E-state index in [0.717, 1.165) is 35.2 Å². The summed E-state index contributed by atoms with van der Waals surface area (Å²) in [6.07, 6.45) is 18.2. The van der Waals surface area contributed by atoms with Crippen molar-refractivity contribution in [2.24, 2.45) is 23.5 Å². The Morgan fingerprint density at radius 3 is 1.80 bits per heavy atom. The summed E-state index contributed by atoms with van der Waals surface area (Å²) in [5.41, 5.74) is 7.94. The van der Waals surface area contributed by atoms with E-state index >= 15 is 0 Å². The van der Waals surface area contributed by atoms with E-state index in [2.05, 4.69) is 6.92 Å². The first-order chi connectivity index (χ1) is 12.0. The van der Waals surface area contributed by atoms with Crippen LogP contribution >= 0.6 is 0 Å². The Hall–Kier alpha value is -0.630. The molecular weight excluding hydrogens is 306 g/mol. The molecule has 0 aromatic rings. The molecule has 2 aliphatic carbocycles. The van der Waals surface area contributed by atoms with Crippen molar-refractivity contribution in [3.8, 4) is 0 Å². The van der Waals surface area contributed by atoms with Crippen LogP contribution < -0.4 is 5.73 Å². The first-order valence-electron chi connectivity index (χ1n) is 10.8. The third-order valence-corrected chi connectivity index (χ3v) is 6.56. The van der Waals surface area contributed by atoms with Gasteiger partial charge in [-0.1, -0.05) is 51.0 Å². The molecule has 0 aromatic heterocycles. The van der Waals surface area contributed by atoms with Crippen LogP contribution in [0.25, 0.3) is 0 Å². The third-order valence-electron chi connectivity index (χ3n) is 6.56. The molecule has 0 saturated heterocycles. The molecule has 0 heterocycles. The van der Waals surface area contributed by atoms with Gasteiger partial charge in [0.1, 0.15) is 6.29 Å². The van der Waals surface area contributed by atoms with Crippen molar-refractivity contribution in [2.45, 2.75) is 111 Å². The van der Waals surface area contributed by atoms with Crippen LogP contribution in [0.4, 0.5) is 0 Å². The SMILES string of the molecule is CC(C)=C(C)C=O.CCCCCC1CCC(C2CCC(N)CC2)CC1. The quantitative estimate of drug-likeness (QED) is 0.341. The Bertz CT molecular complexity index is 381. The Morgan fingerprint density at radius 2 is 1.40 bits per heavy atom. The van der Waals surface area contributed by atoms with Gasteiger partial charge in [-0.3, -0.25) is 4.79 Å². The maximum atomic E-state index is 9.89. The number of carbonyl (C=O) groups excluding carboxylic acids is 1. The van der Waals surface area contributed by atoms with Crippen molar-refractivity contribution in [3.05, 3.63) is 11.1 Å². The molecule has 0 amide bonds. The van der Waals surface area contributed by atoms with Crippen molar-refractivity contribution in [2.75, 3.05) is 0 Å². The van der Waals surface area contributed by atoms with E-state index in [4.69, 9.17) is 5.73 Å². The number of hydrogen-bond donors (Lipinski definition) is 1. The second-order valence-electron chi connectivity index (χ2n) is 8.75. The molecule has 2 rings (SSSR count). The normalized spacial score (nSPS) is 29.3. The molecule has 2 saturated carbocycles. The van der Waals surface area contributed by atoms with Crippen LogP contribution in [0.5, 0.6) is 0 Å². The van der Waals surface area contributed by atoms with Gasteiger partial charge in [0, 0.05) is 6.04 Å². The maximum absolute atomic E-state index is 9.89. The summed E-state index contributed by atoms with van der Waals surface area (Å²) < 4.78 is 0. The van der Waals surface area contributed by atoms with Crippen molar-refractivity contribution in [3.63, 3.8) is 0 Å². The molecule has 2 aliphatic rings. The van der Waals surface area contributed by atoms with E-state index in [1.165, 1.54) is 77.0 Å². The van der Waals surface area contributed by atoms with Gasteiger partial charge in [-0.2, -0.15) is 0 Å². The van der Waals surface area contributed by atoms with Crippen LogP contribution in [-0.4, -0.2) is 12.3 Å². The summed E-state index contributed by atoms with van der Waals surface area (Å²) in [4.78, 5) is 9.89. The Labute approximate surface area is 157 Å². The summed E-state index contributed by atoms with van der Waals surface area (Å²) >= 11 is 0. The average molecular weight is 350 g/mol. The lowest BCUT2D eigenvalue weighted by Crippen LogP contribution is -2.31. The number of nitrogens with two attached hydrogens (primary N) is 1. The van der Waals surface area contributed by atoms with Crippen LogP contribution in [0.3, 0.4) is 0 Å². The Balaban J connectivity index is 0.000000381. The zero-order chi connectivity index (χ0) is 18.7. The molecule has 0 bridgehead atoms. The van der Waals surface area contributed by atoms with Gasteiger partial charge in [0.05, 0.1) is 0 Å². The van der Waals surface area contributed by atoms with E-state index in [0.29, 0.717) is 6.04 Å². The summed E-state index contributed by atoms with van der Waals surface area (Å²) in [5.74, 6) is 3.15. The number of unbranched alkanes of at least 4 members (excludes halogenated alkanes) is 2. The first-order valence-corrected chi connectivity index (χ1v) is 10.8. The lowest BCUT2D eigenvalue weighted by Gasteiger charge is -2.37. The molecule has 2 nitrogen and oxygen atoms in total. The second kappa shape index (κ2) is 12.7. The second-order valence-corrected chi connectivity index (χ2v) is 8.75. The van der Waals surface area contributed by atoms with E-state index in [1.807, 2.05) is 20.8 Å². The highest BCUT2D eigenvalue weighted by atomic mass is 16.1. The molecule has 2 heteroatoms. The highest BCUT2D eigenvalue weighted by Gasteiger charge is 2.29. The minimum absolute atomic E-state index is 0.520. The standard InChI is InChI=1S/C17H33N.C6H10O/c1-2-3-4-5-14-6-8-15(9-7-14)16-10-12-17(18)13-11-16;1-5(2)6(3)4-7/h14-17H,2-13,18H2,1H3;4H,1-3H3. The fraction of sp³-hybridized carbons (Fsp3) is 0.870. The van der Waals surface area contributed by atoms with Gasteiger partial charge in [0.2, 0.25) is 0 Å². The molecule has 0 aromatic carbocycles. The molecule has 146 valence electrons. The van der Waals surface area contributed by atoms with Crippen LogP contribution in [0.2, 0.25) is 0 Å². The molecule has 0 radical (unpaired) electrons. The van der Waals surface area contributed by atoms with Crippen LogP contribution in [0, 0.1) is 17.8 Å². The molecule has 0 spiro atoms. The topological polar surface area (TPSA) is 43.1 Å². The van der Waals surface area contributed by atoms with Gasteiger partial charge in [0.15, 0.2) is 0 Å². The van der Waals surface area contributed by atoms with Gasteiger partial charge in [-0.15, -0.1) is 0 Å². The fourth-order valence-electron chi connectivity index (χ4n) is 4.37. The Kier molecular flexibility index (Phi) is 11.4. The van der Waals surface area contributed by atoms with Gasteiger partial charge in [-0.25, -0.2) is 0 Å². The number of aldehydes is 1. The summed E-state index contributed by atoms with van der Waals surface area (Å²) in [6.45, 7) is 7.96. The van der Waals surface area contributed by atoms with E-state index < -0.39 is 0 Å². The third kappa shape index (κ3) is 9.03. The summed E-state index contributed by atoms with van der Waals surface area (Å²) in [5, 5.41) is 0. The van der Waals surface area contributed by atoms with Crippen LogP contribution in [0.15, 0.2) is 11.1 Å². The van der Waals surface area contributed by atoms with E-state index in [1.54, 1.807) is 0 Å². The molecule has 2 N–H and O–H groups in total. The van der Waals surface area contributed by atoms with E-state index in [-0.39, 0.29) is 0 Å². The zero-order valence-corrected chi connectivity index (χ0v) is 17.4. The zero-order valence-electron chi connectivity index (χ0n) is 17.4. The number of rotatable bonds is 6. The lowest BCUT2D eigenvalue weighted by molar-refractivity contribution is -0.104. The molecule has 0 unspecified atom stereocenters.